The Hall–Kier alpha value is -1.47. The van der Waals surface area contributed by atoms with E-state index < -0.39 is 11.5 Å². The molecule has 1 amide bonds. The van der Waals surface area contributed by atoms with Crippen LogP contribution in [0.5, 0.6) is 0 Å². The Bertz CT molecular complexity index is 587. The van der Waals surface area contributed by atoms with Crippen molar-refractivity contribution in [2.24, 2.45) is 0 Å². The minimum absolute atomic E-state index is 0.119. The summed E-state index contributed by atoms with van der Waals surface area (Å²) >= 11 is 3.33. The van der Waals surface area contributed by atoms with Gasteiger partial charge in [-0.2, -0.15) is 0 Å². The Kier molecular flexibility index (Phi) is 6.12. The Labute approximate surface area is 142 Å². The van der Waals surface area contributed by atoms with Crippen LogP contribution in [0.3, 0.4) is 0 Å². The Morgan fingerprint density at radius 2 is 2.04 bits per heavy atom. The number of halogens is 2. The Morgan fingerprint density at radius 3 is 2.70 bits per heavy atom. The fourth-order valence-electron chi connectivity index (χ4n) is 2.74. The van der Waals surface area contributed by atoms with Crippen LogP contribution in [0.4, 0.5) is 4.39 Å². The summed E-state index contributed by atoms with van der Waals surface area (Å²) in [6.07, 6.45) is 1.39. The van der Waals surface area contributed by atoms with E-state index in [1.54, 1.807) is 6.07 Å². The molecule has 2 rings (SSSR count). The molecule has 5 nitrogen and oxygen atoms in total. The average molecular weight is 388 g/mol. The third-order valence-electron chi connectivity index (χ3n) is 3.97. The highest BCUT2D eigenvalue weighted by molar-refractivity contribution is 9.10. The zero-order valence-corrected chi connectivity index (χ0v) is 14.2. The van der Waals surface area contributed by atoms with Crippen molar-refractivity contribution in [3.8, 4) is 0 Å². The number of amides is 1. The van der Waals surface area contributed by atoms with E-state index >= 15 is 0 Å². The molecule has 1 aliphatic rings. The quantitative estimate of drug-likeness (QED) is 0.786. The summed E-state index contributed by atoms with van der Waals surface area (Å²) in [7, 11) is 0. The smallest absolute Gasteiger partial charge is 0.305 e. The maximum absolute atomic E-state index is 13.2. The van der Waals surface area contributed by atoms with Gasteiger partial charge < -0.3 is 15.2 Å². The second kappa shape index (κ2) is 7.88. The van der Waals surface area contributed by atoms with Gasteiger partial charge >= 0.3 is 5.97 Å². The van der Waals surface area contributed by atoms with Crippen molar-refractivity contribution < 1.29 is 23.8 Å². The molecule has 7 heteroatoms. The van der Waals surface area contributed by atoms with E-state index in [1.807, 2.05) is 0 Å². The first-order chi connectivity index (χ1) is 10.9. The van der Waals surface area contributed by atoms with Crippen molar-refractivity contribution in [2.45, 2.75) is 37.6 Å². The molecule has 2 N–H and O–H groups in total. The molecule has 126 valence electrons. The van der Waals surface area contributed by atoms with Crippen molar-refractivity contribution in [3.63, 3.8) is 0 Å². The van der Waals surface area contributed by atoms with Gasteiger partial charge in [0.2, 0.25) is 5.91 Å². The molecule has 0 saturated carbocycles. The number of carboxylic acids is 1. The van der Waals surface area contributed by atoms with Crippen molar-refractivity contribution in [3.05, 3.63) is 34.1 Å². The zero-order chi connectivity index (χ0) is 16.9. The first-order valence-corrected chi connectivity index (χ1v) is 8.24. The summed E-state index contributed by atoms with van der Waals surface area (Å²) < 4.78 is 19.3. The third-order valence-corrected chi connectivity index (χ3v) is 4.75. The first kappa shape index (κ1) is 17.9. The van der Waals surface area contributed by atoms with Crippen LogP contribution >= 0.6 is 15.9 Å². The van der Waals surface area contributed by atoms with Gasteiger partial charge in [0.05, 0.1) is 12.0 Å². The van der Waals surface area contributed by atoms with Gasteiger partial charge in [-0.1, -0.05) is 15.9 Å². The topological polar surface area (TPSA) is 75.6 Å². The highest BCUT2D eigenvalue weighted by Gasteiger charge is 2.36. The van der Waals surface area contributed by atoms with Crippen LogP contribution in [-0.2, 0) is 20.7 Å². The normalized spacial score (nSPS) is 16.8. The van der Waals surface area contributed by atoms with Gasteiger partial charge in [-0.3, -0.25) is 9.59 Å². The maximum atomic E-state index is 13.2. The number of hydrogen-bond donors (Lipinski definition) is 2. The van der Waals surface area contributed by atoms with Crippen molar-refractivity contribution in [1.29, 1.82) is 0 Å². The minimum Gasteiger partial charge on any atom is -0.481 e. The monoisotopic (exact) mass is 387 g/mol. The molecule has 23 heavy (non-hydrogen) atoms. The molecule has 0 spiro atoms. The molecule has 0 bridgehead atoms. The van der Waals surface area contributed by atoms with E-state index in [0.29, 0.717) is 38.0 Å². The lowest BCUT2D eigenvalue weighted by atomic mass is 9.86. The summed E-state index contributed by atoms with van der Waals surface area (Å²) in [5, 5.41) is 11.9. The standard InChI is InChI=1S/C16H19BrFNO4/c17-13-3-2-12(18)9-11(13)1-4-14(20)19-16(10-15(21)22)5-7-23-8-6-16/h2-3,9H,1,4-8,10H2,(H,19,20)(H,21,22). The molecular formula is C16H19BrFNO4. The molecule has 1 heterocycles. The number of carbonyl (C=O) groups excluding carboxylic acids is 1. The minimum atomic E-state index is -0.944. The van der Waals surface area contributed by atoms with Gasteiger partial charge in [-0.25, -0.2) is 4.39 Å². The lowest BCUT2D eigenvalue weighted by molar-refractivity contribution is -0.140. The zero-order valence-electron chi connectivity index (χ0n) is 12.6. The predicted molar refractivity (Wildman–Crippen MR) is 85.6 cm³/mol. The number of carbonyl (C=O) groups is 2. The summed E-state index contributed by atoms with van der Waals surface area (Å²) in [6, 6.07) is 4.34. The first-order valence-electron chi connectivity index (χ1n) is 7.45. The summed E-state index contributed by atoms with van der Waals surface area (Å²) in [5.41, 5.74) is -0.0419. The molecule has 1 aromatic carbocycles. The van der Waals surface area contributed by atoms with Gasteiger partial charge in [-0.05, 0) is 43.0 Å². The van der Waals surface area contributed by atoms with Crippen LogP contribution in [0.1, 0.15) is 31.2 Å². The number of rotatable bonds is 6. The van der Waals surface area contributed by atoms with E-state index in [1.165, 1.54) is 12.1 Å². The third kappa shape index (κ3) is 5.28. The van der Waals surface area contributed by atoms with Crippen LogP contribution in [-0.4, -0.2) is 35.7 Å². The number of carboxylic acid groups (broad SMARTS) is 1. The molecule has 1 aromatic rings. The van der Waals surface area contributed by atoms with Crippen LogP contribution in [0.15, 0.2) is 22.7 Å². The lowest BCUT2D eigenvalue weighted by Crippen LogP contribution is -2.53. The van der Waals surface area contributed by atoms with Crippen LogP contribution in [0.2, 0.25) is 0 Å². The number of hydrogen-bond acceptors (Lipinski definition) is 3. The van der Waals surface area contributed by atoms with Gasteiger partial charge in [0.25, 0.3) is 0 Å². The fourth-order valence-corrected chi connectivity index (χ4v) is 3.18. The molecule has 0 radical (unpaired) electrons. The number of aryl methyl sites for hydroxylation is 1. The highest BCUT2D eigenvalue weighted by Crippen LogP contribution is 2.25. The number of aliphatic carboxylic acids is 1. The molecule has 1 aliphatic heterocycles. The van der Waals surface area contributed by atoms with Gasteiger partial charge in [0.1, 0.15) is 5.82 Å². The summed E-state index contributed by atoms with van der Waals surface area (Å²) in [5.74, 6) is -1.53. The van der Waals surface area contributed by atoms with Crippen LogP contribution in [0, 0.1) is 5.82 Å². The van der Waals surface area contributed by atoms with Crippen molar-refractivity contribution >= 4 is 27.8 Å². The second-order valence-electron chi connectivity index (χ2n) is 5.75. The van der Waals surface area contributed by atoms with E-state index in [4.69, 9.17) is 9.84 Å². The molecule has 0 unspecified atom stereocenters. The van der Waals surface area contributed by atoms with Crippen LogP contribution < -0.4 is 5.32 Å². The molecule has 0 aliphatic carbocycles. The van der Waals surface area contributed by atoms with E-state index in [-0.39, 0.29) is 24.6 Å². The summed E-state index contributed by atoms with van der Waals surface area (Å²) in [6.45, 7) is 0.867. The molecular weight excluding hydrogens is 369 g/mol. The molecule has 1 saturated heterocycles. The SMILES string of the molecule is O=C(O)CC1(NC(=O)CCc2cc(F)ccc2Br)CCOCC1. The summed E-state index contributed by atoms with van der Waals surface area (Å²) in [4.78, 5) is 23.3. The average Bonchev–Trinajstić information content (AvgIpc) is 2.48. The van der Waals surface area contributed by atoms with E-state index in [0.717, 1.165) is 4.47 Å². The fraction of sp³-hybridized carbons (Fsp3) is 0.500. The van der Waals surface area contributed by atoms with Crippen molar-refractivity contribution in [2.75, 3.05) is 13.2 Å². The Balaban J connectivity index is 1.96. The van der Waals surface area contributed by atoms with Crippen molar-refractivity contribution in [1.82, 2.24) is 5.32 Å². The van der Waals surface area contributed by atoms with Gasteiger partial charge in [0, 0.05) is 24.1 Å². The highest BCUT2D eigenvalue weighted by atomic mass is 79.9. The molecule has 0 atom stereocenters. The van der Waals surface area contributed by atoms with E-state index in [9.17, 15) is 14.0 Å². The molecule has 1 fully saturated rings. The number of benzene rings is 1. The van der Waals surface area contributed by atoms with Gasteiger partial charge in [-0.15, -0.1) is 0 Å². The predicted octanol–water partition coefficient (Wildman–Crippen LogP) is 2.66. The van der Waals surface area contributed by atoms with Gasteiger partial charge in [0.15, 0.2) is 0 Å². The van der Waals surface area contributed by atoms with E-state index in [2.05, 4.69) is 21.2 Å². The number of nitrogens with one attached hydrogen (secondary N) is 1. The largest absolute Gasteiger partial charge is 0.481 e. The molecule has 0 aromatic heterocycles. The second-order valence-corrected chi connectivity index (χ2v) is 6.60. The number of ether oxygens (including phenoxy) is 1. The van der Waals surface area contributed by atoms with Crippen LogP contribution in [0.25, 0.3) is 0 Å². The maximum Gasteiger partial charge on any atom is 0.305 e. The lowest BCUT2D eigenvalue weighted by Gasteiger charge is -2.36. The Morgan fingerprint density at radius 1 is 1.35 bits per heavy atom.